The van der Waals surface area contributed by atoms with Crippen molar-refractivity contribution >= 4 is 0 Å². The van der Waals surface area contributed by atoms with E-state index in [-0.39, 0.29) is 5.60 Å². The molecule has 2 heterocycles. The summed E-state index contributed by atoms with van der Waals surface area (Å²) in [5.41, 5.74) is 0.525. The minimum absolute atomic E-state index is 0.181. The maximum atomic E-state index is 6.13. The normalized spacial score (nSPS) is 50.3. The van der Waals surface area contributed by atoms with Gasteiger partial charge in [-0.15, -0.1) is 0 Å². The molecule has 0 spiro atoms. The van der Waals surface area contributed by atoms with Crippen LogP contribution in [0.1, 0.15) is 67.7 Å². The van der Waals surface area contributed by atoms with E-state index in [2.05, 4.69) is 48.5 Å². The molecule has 2 aliphatic heterocycles. The standard InChI is InChI=1S/C20H36O2/c1-12-8-16(11-21-14(12)3)17(19(4,5)6)15-9-13(2)18-20(7,10-15)22-18/h12-18H,8-11H2,1-7H3. The van der Waals surface area contributed by atoms with Gasteiger partial charge >= 0.3 is 0 Å². The summed E-state index contributed by atoms with van der Waals surface area (Å²) < 4.78 is 12.2. The van der Waals surface area contributed by atoms with Gasteiger partial charge in [0.15, 0.2) is 0 Å². The van der Waals surface area contributed by atoms with Crippen molar-refractivity contribution in [3.05, 3.63) is 0 Å². The topological polar surface area (TPSA) is 21.8 Å². The molecule has 128 valence electrons. The summed E-state index contributed by atoms with van der Waals surface area (Å²) in [5.74, 6) is 3.64. The van der Waals surface area contributed by atoms with Crippen LogP contribution >= 0.6 is 0 Å². The maximum Gasteiger partial charge on any atom is 0.0926 e. The van der Waals surface area contributed by atoms with E-state index in [9.17, 15) is 0 Å². The van der Waals surface area contributed by atoms with Crippen LogP contribution in [0.2, 0.25) is 0 Å². The van der Waals surface area contributed by atoms with Gasteiger partial charge in [-0.25, -0.2) is 0 Å². The Morgan fingerprint density at radius 1 is 1.00 bits per heavy atom. The summed E-state index contributed by atoms with van der Waals surface area (Å²) in [4.78, 5) is 0. The van der Waals surface area contributed by atoms with E-state index in [1.54, 1.807) is 0 Å². The van der Waals surface area contributed by atoms with Crippen LogP contribution in [0.15, 0.2) is 0 Å². The second-order valence-corrected chi connectivity index (χ2v) is 9.93. The third-order valence-corrected chi connectivity index (χ3v) is 6.86. The monoisotopic (exact) mass is 308 g/mol. The molecular weight excluding hydrogens is 272 g/mol. The van der Waals surface area contributed by atoms with Gasteiger partial charge in [0.2, 0.25) is 0 Å². The Balaban J connectivity index is 1.78. The van der Waals surface area contributed by atoms with Crippen molar-refractivity contribution in [2.75, 3.05) is 6.61 Å². The number of hydrogen-bond donors (Lipinski definition) is 0. The second-order valence-electron chi connectivity index (χ2n) is 9.93. The predicted molar refractivity (Wildman–Crippen MR) is 90.8 cm³/mol. The quantitative estimate of drug-likeness (QED) is 0.676. The van der Waals surface area contributed by atoms with E-state index < -0.39 is 0 Å². The van der Waals surface area contributed by atoms with Crippen molar-refractivity contribution in [2.24, 2.45) is 35.0 Å². The van der Waals surface area contributed by atoms with Crippen LogP contribution in [-0.2, 0) is 9.47 Å². The highest BCUT2D eigenvalue weighted by molar-refractivity contribution is 5.08. The zero-order chi connectivity index (χ0) is 16.3. The first-order valence-electron chi connectivity index (χ1n) is 9.41. The van der Waals surface area contributed by atoms with E-state index in [0.29, 0.717) is 29.5 Å². The number of hydrogen-bond acceptors (Lipinski definition) is 2. The Kier molecular flexibility index (Phi) is 4.18. The molecule has 2 heteroatoms. The molecule has 1 saturated carbocycles. The fourth-order valence-corrected chi connectivity index (χ4v) is 5.84. The molecule has 0 bridgehead atoms. The van der Waals surface area contributed by atoms with Crippen molar-refractivity contribution in [2.45, 2.75) is 85.5 Å². The zero-order valence-electron chi connectivity index (χ0n) is 15.7. The molecule has 0 amide bonds. The summed E-state index contributed by atoms with van der Waals surface area (Å²) in [6.45, 7) is 17.6. The van der Waals surface area contributed by atoms with Gasteiger partial charge in [-0.1, -0.05) is 34.6 Å². The lowest BCUT2D eigenvalue weighted by atomic mass is 9.59. The van der Waals surface area contributed by atoms with Gasteiger partial charge in [-0.3, -0.25) is 0 Å². The molecule has 22 heavy (non-hydrogen) atoms. The van der Waals surface area contributed by atoms with Crippen LogP contribution in [0.3, 0.4) is 0 Å². The molecule has 3 aliphatic rings. The smallest absolute Gasteiger partial charge is 0.0926 e. The third kappa shape index (κ3) is 2.98. The fourth-order valence-electron chi connectivity index (χ4n) is 5.84. The van der Waals surface area contributed by atoms with Crippen molar-refractivity contribution in [1.29, 1.82) is 0 Å². The first-order chi connectivity index (χ1) is 10.1. The highest BCUT2D eigenvalue weighted by Gasteiger charge is 2.60. The first-order valence-corrected chi connectivity index (χ1v) is 9.41. The van der Waals surface area contributed by atoms with Gasteiger partial charge in [-0.2, -0.15) is 0 Å². The van der Waals surface area contributed by atoms with E-state index in [4.69, 9.17) is 9.47 Å². The van der Waals surface area contributed by atoms with E-state index >= 15 is 0 Å². The molecule has 0 N–H and O–H groups in total. The molecule has 2 nitrogen and oxygen atoms in total. The number of fused-ring (bicyclic) bond motifs is 1. The van der Waals surface area contributed by atoms with Crippen molar-refractivity contribution < 1.29 is 9.47 Å². The summed E-state index contributed by atoms with van der Waals surface area (Å²) >= 11 is 0. The molecule has 0 aromatic carbocycles. The Morgan fingerprint density at radius 3 is 2.18 bits per heavy atom. The second kappa shape index (κ2) is 5.48. The fraction of sp³-hybridized carbons (Fsp3) is 1.00. The molecule has 0 aromatic rings. The van der Waals surface area contributed by atoms with Gasteiger partial charge in [0.05, 0.1) is 24.4 Å². The number of epoxide rings is 1. The van der Waals surface area contributed by atoms with Gasteiger partial charge < -0.3 is 9.47 Å². The van der Waals surface area contributed by atoms with Crippen LogP contribution in [0.25, 0.3) is 0 Å². The molecule has 3 rings (SSSR count). The average Bonchev–Trinajstić information content (AvgIpc) is 3.05. The van der Waals surface area contributed by atoms with Crippen LogP contribution < -0.4 is 0 Å². The maximum absolute atomic E-state index is 6.13. The van der Waals surface area contributed by atoms with Crippen LogP contribution in [0.4, 0.5) is 0 Å². The third-order valence-electron chi connectivity index (χ3n) is 6.86. The number of ether oxygens (including phenoxy) is 2. The summed E-state index contributed by atoms with van der Waals surface area (Å²) in [5, 5.41) is 0. The van der Waals surface area contributed by atoms with Crippen molar-refractivity contribution in [3.63, 3.8) is 0 Å². The minimum atomic E-state index is 0.181. The summed E-state index contributed by atoms with van der Waals surface area (Å²) in [6.07, 6.45) is 4.88. The van der Waals surface area contributed by atoms with Crippen molar-refractivity contribution in [3.8, 4) is 0 Å². The average molecular weight is 309 g/mol. The highest BCUT2D eigenvalue weighted by atomic mass is 16.6. The molecular formula is C20H36O2. The zero-order valence-corrected chi connectivity index (χ0v) is 15.7. The Labute approximate surface area is 137 Å². The van der Waals surface area contributed by atoms with Crippen molar-refractivity contribution in [1.82, 2.24) is 0 Å². The highest BCUT2D eigenvalue weighted by Crippen LogP contribution is 2.57. The minimum Gasteiger partial charge on any atom is -0.378 e. The van der Waals surface area contributed by atoms with E-state index in [1.807, 2.05) is 0 Å². The van der Waals surface area contributed by atoms with Crippen LogP contribution in [0.5, 0.6) is 0 Å². The van der Waals surface area contributed by atoms with E-state index in [1.165, 1.54) is 19.3 Å². The Bertz CT molecular complexity index is 412. The molecule has 0 radical (unpaired) electrons. The Hall–Kier alpha value is -0.0800. The lowest BCUT2D eigenvalue weighted by Gasteiger charge is -2.48. The molecule has 1 aliphatic carbocycles. The first kappa shape index (κ1) is 16.8. The largest absolute Gasteiger partial charge is 0.378 e. The lowest BCUT2D eigenvalue weighted by molar-refractivity contribution is -0.0874. The van der Waals surface area contributed by atoms with E-state index in [0.717, 1.165) is 24.4 Å². The molecule has 8 unspecified atom stereocenters. The van der Waals surface area contributed by atoms with Gasteiger partial charge in [0, 0.05) is 0 Å². The van der Waals surface area contributed by atoms with Gasteiger partial charge in [0.25, 0.3) is 0 Å². The van der Waals surface area contributed by atoms with Crippen LogP contribution in [0, 0.1) is 35.0 Å². The Morgan fingerprint density at radius 2 is 1.64 bits per heavy atom. The summed E-state index contributed by atoms with van der Waals surface area (Å²) in [6, 6.07) is 0. The van der Waals surface area contributed by atoms with Crippen LogP contribution in [-0.4, -0.2) is 24.4 Å². The lowest BCUT2D eigenvalue weighted by Crippen LogP contribution is -2.45. The SMILES string of the molecule is CC1CC(C(C2CC(C)C3OC3(C)C2)C(C)(C)C)COC1C. The summed E-state index contributed by atoms with van der Waals surface area (Å²) in [7, 11) is 0. The molecule has 3 fully saturated rings. The molecule has 0 aromatic heterocycles. The predicted octanol–water partition coefficient (Wildman–Crippen LogP) is 4.91. The number of rotatable bonds is 2. The molecule has 2 saturated heterocycles. The van der Waals surface area contributed by atoms with Gasteiger partial charge in [-0.05, 0) is 68.1 Å². The van der Waals surface area contributed by atoms with Gasteiger partial charge in [0.1, 0.15) is 0 Å². The molecule has 8 atom stereocenters.